The van der Waals surface area contributed by atoms with Crippen molar-refractivity contribution in [1.29, 1.82) is 0 Å². The first-order valence-corrected chi connectivity index (χ1v) is 12.3. The standard InChI is InChI=1S/C18H34O2.C3H9NO3S.Na/c1-2-3-4-5-6-7-8-9-10-11-12-13-14-15-16-17-18(19)20;1-7-8(5,6)3-2-4;/h9-10H,2-8,11-17H2,1H3,(H,19,20);2-4H2,1H3;/q;;+1/p-1/b10-9-;;. The van der Waals surface area contributed by atoms with Gasteiger partial charge in [0.2, 0.25) is 0 Å². The molecule has 0 fully saturated rings. The zero-order chi connectivity index (χ0) is 21.5. The van der Waals surface area contributed by atoms with E-state index in [1.807, 2.05) is 0 Å². The Labute approximate surface area is 201 Å². The largest absolute Gasteiger partial charge is 1.00 e. The molecule has 0 saturated heterocycles. The van der Waals surface area contributed by atoms with E-state index in [1.54, 1.807) is 0 Å². The molecule has 0 amide bonds. The second kappa shape index (κ2) is 26.1. The maximum atomic E-state index is 10.3. The van der Waals surface area contributed by atoms with E-state index >= 15 is 0 Å². The van der Waals surface area contributed by atoms with Crippen LogP contribution in [-0.4, -0.2) is 33.8 Å². The minimum atomic E-state index is -3.29. The zero-order valence-electron chi connectivity index (χ0n) is 19.0. The van der Waals surface area contributed by atoms with E-state index in [-0.39, 0.29) is 48.3 Å². The summed E-state index contributed by atoms with van der Waals surface area (Å²) in [6.07, 6.45) is 20.9. The molecule has 0 aromatic rings. The van der Waals surface area contributed by atoms with Crippen LogP contribution in [0.1, 0.15) is 96.8 Å². The first kappa shape index (κ1) is 33.7. The van der Waals surface area contributed by atoms with Crippen LogP contribution in [0.5, 0.6) is 0 Å². The van der Waals surface area contributed by atoms with Gasteiger partial charge in [-0.15, -0.1) is 0 Å². The second-order valence-electron chi connectivity index (χ2n) is 6.92. The van der Waals surface area contributed by atoms with Crippen molar-refractivity contribution in [3.05, 3.63) is 12.2 Å². The third kappa shape index (κ3) is 32.9. The van der Waals surface area contributed by atoms with Gasteiger partial charge in [-0.3, -0.25) is 4.18 Å². The Morgan fingerprint density at radius 1 is 0.897 bits per heavy atom. The third-order valence-electron chi connectivity index (χ3n) is 4.26. The van der Waals surface area contributed by atoms with Crippen LogP contribution >= 0.6 is 0 Å². The molecule has 0 radical (unpaired) electrons. The van der Waals surface area contributed by atoms with Gasteiger partial charge in [-0.05, 0) is 38.5 Å². The molecule has 0 saturated carbocycles. The number of carboxylic acid groups (broad SMARTS) is 1. The average molecular weight is 444 g/mol. The van der Waals surface area contributed by atoms with Crippen LogP contribution in [0.2, 0.25) is 0 Å². The van der Waals surface area contributed by atoms with Crippen molar-refractivity contribution in [2.24, 2.45) is 5.73 Å². The Kier molecular flexibility index (Phi) is 30.4. The molecule has 0 aliphatic rings. The predicted molar refractivity (Wildman–Crippen MR) is 114 cm³/mol. The van der Waals surface area contributed by atoms with Crippen molar-refractivity contribution in [1.82, 2.24) is 0 Å². The first-order chi connectivity index (χ1) is 13.4. The van der Waals surface area contributed by atoms with Crippen molar-refractivity contribution in [3.8, 4) is 0 Å². The minimum Gasteiger partial charge on any atom is -0.550 e. The van der Waals surface area contributed by atoms with Crippen LogP contribution in [-0.2, 0) is 19.1 Å². The molecule has 0 aliphatic carbocycles. The molecule has 0 heterocycles. The molecule has 2 N–H and O–H groups in total. The van der Waals surface area contributed by atoms with E-state index in [4.69, 9.17) is 5.73 Å². The molecule has 8 heteroatoms. The van der Waals surface area contributed by atoms with E-state index in [0.717, 1.165) is 26.4 Å². The molecule has 0 aliphatic heterocycles. The summed E-state index contributed by atoms with van der Waals surface area (Å²) < 4.78 is 24.7. The van der Waals surface area contributed by atoms with Crippen LogP contribution < -0.4 is 40.4 Å². The topological polar surface area (TPSA) is 110 Å². The number of nitrogens with two attached hydrogens (primary N) is 1. The van der Waals surface area contributed by atoms with Gasteiger partial charge in [0, 0.05) is 12.5 Å². The monoisotopic (exact) mass is 443 g/mol. The van der Waals surface area contributed by atoms with Gasteiger partial charge in [0.05, 0.1) is 12.9 Å². The van der Waals surface area contributed by atoms with Crippen LogP contribution in [0.25, 0.3) is 0 Å². The van der Waals surface area contributed by atoms with E-state index in [9.17, 15) is 18.3 Å². The van der Waals surface area contributed by atoms with Crippen LogP contribution in [0, 0.1) is 0 Å². The van der Waals surface area contributed by atoms with Crippen molar-refractivity contribution < 1.29 is 52.1 Å². The summed E-state index contributed by atoms with van der Waals surface area (Å²) in [7, 11) is -2.18. The Bertz CT molecular complexity index is 470. The number of aliphatic carboxylic acids is 1. The molecule has 0 atom stereocenters. The normalized spacial score (nSPS) is 11.0. The van der Waals surface area contributed by atoms with Gasteiger partial charge in [0.25, 0.3) is 10.1 Å². The second-order valence-corrected chi connectivity index (χ2v) is 8.78. The van der Waals surface area contributed by atoms with Crippen molar-refractivity contribution >= 4 is 16.1 Å². The van der Waals surface area contributed by atoms with Crippen molar-refractivity contribution in [3.63, 3.8) is 0 Å². The predicted octanol–water partition coefficient (Wildman–Crippen LogP) is 0.699. The molecule has 0 aromatic heterocycles. The van der Waals surface area contributed by atoms with E-state index in [2.05, 4.69) is 23.3 Å². The van der Waals surface area contributed by atoms with Gasteiger partial charge in [-0.2, -0.15) is 8.42 Å². The Morgan fingerprint density at radius 3 is 1.72 bits per heavy atom. The fraction of sp³-hybridized carbons (Fsp3) is 0.857. The fourth-order valence-electron chi connectivity index (χ4n) is 2.57. The molecule has 6 nitrogen and oxygen atoms in total. The third-order valence-corrected chi connectivity index (χ3v) is 5.51. The quantitative estimate of drug-likeness (QED) is 0.145. The Morgan fingerprint density at radius 2 is 1.34 bits per heavy atom. The Hall–Kier alpha value is 0.0800. The molecular weight excluding hydrogens is 401 g/mol. The van der Waals surface area contributed by atoms with Gasteiger partial charge in [0.1, 0.15) is 0 Å². The summed E-state index contributed by atoms with van der Waals surface area (Å²) in [4.78, 5) is 10.2. The first-order valence-electron chi connectivity index (χ1n) is 10.7. The molecule has 0 rings (SSSR count). The van der Waals surface area contributed by atoms with Gasteiger partial charge >= 0.3 is 29.6 Å². The van der Waals surface area contributed by atoms with Gasteiger partial charge in [0.15, 0.2) is 0 Å². The number of rotatable bonds is 18. The van der Waals surface area contributed by atoms with Crippen molar-refractivity contribution in [2.75, 3.05) is 19.4 Å². The maximum absolute atomic E-state index is 10.3. The summed E-state index contributed by atoms with van der Waals surface area (Å²) in [5, 5.41) is 10.2. The van der Waals surface area contributed by atoms with Crippen molar-refractivity contribution in [2.45, 2.75) is 96.8 Å². The number of allylic oxidation sites excluding steroid dienone is 2. The number of unbranched alkanes of at least 4 members (excludes halogenated alkanes) is 11. The minimum absolute atomic E-state index is 0. The van der Waals surface area contributed by atoms with Gasteiger partial charge < -0.3 is 15.6 Å². The number of hydrogen-bond donors (Lipinski definition) is 1. The molecule has 0 bridgehead atoms. The fourth-order valence-corrected chi connectivity index (χ4v) is 3.02. The summed E-state index contributed by atoms with van der Waals surface area (Å²) in [6.45, 7) is 2.36. The summed E-state index contributed by atoms with van der Waals surface area (Å²) >= 11 is 0. The zero-order valence-corrected chi connectivity index (χ0v) is 21.8. The number of carboxylic acids is 1. The number of carbonyl (C=O) groups excluding carboxylic acids is 1. The number of hydrogen-bond acceptors (Lipinski definition) is 6. The van der Waals surface area contributed by atoms with Gasteiger partial charge in [-0.1, -0.05) is 70.4 Å². The van der Waals surface area contributed by atoms with Crippen LogP contribution in [0.15, 0.2) is 12.2 Å². The SMILES string of the molecule is CCCCCCCC/C=C\CCCCCCCC(=O)[O-].COS(=O)(=O)CCN.[Na+]. The molecule has 0 aromatic carbocycles. The van der Waals surface area contributed by atoms with E-state index < -0.39 is 16.1 Å². The smallest absolute Gasteiger partial charge is 0.550 e. The summed E-state index contributed by atoms with van der Waals surface area (Å²) in [5.41, 5.74) is 4.93. The van der Waals surface area contributed by atoms with Gasteiger partial charge in [-0.25, -0.2) is 0 Å². The average Bonchev–Trinajstić information content (AvgIpc) is 2.65. The molecular formula is C21H42NNaO5S. The molecule has 168 valence electrons. The van der Waals surface area contributed by atoms with E-state index in [1.165, 1.54) is 64.2 Å². The molecule has 29 heavy (non-hydrogen) atoms. The molecule has 0 spiro atoms. The van der Waals surface area contributed by atoms with E-state index in [0.29, 0.717) is 0 Å². The number of carbonyl (C=O) groups is 1. The van der Waals surface area contributed by atoms with Crippen LogP contribution in [0.3, 0.4) is 0 Å². The van der Waals surface area contributed by atoms with Crippen LogP contribution in [0.4, 0.5) is 0 Å². The molecule has 0 unspecified atom stereocenters. The maximum Gasteiger partial charge on any atom is 1.00 e. The summed E-state index contributed by atoms with van der Waals surface area (Å²) in [6, 6.07) is 0. The Balaban J connectivity index is -0.000000636. The summed E-state index contributed by atoms with van der Waals surface area (Å²) in [5.74, 6) is -1.02.